The van der Waals surface area contributed by atoms with Crippen LogP contribution in [0.1, 0.15) is 40.2 Å². The molecule has 1 aromatic carbocycles. The van der Waals surface area contributed by atoms with Crippen LogP contribution < -0.4 is 0 Å². The second-order valence-corrected chi connectivity index (χ2v) is 10.6. The number of rotatable bonds is 8. The van der Waals surface area contributed by atoms with Crippen molar-refractivity contribution in [2.75, 3.05) is 32.1 Å². The number of hydrogen-bond acceptors (Lipinski definition) is 6. The van der Waals surface area contributed by atoms with Gasteiger partial charge < -0.3 is 4.74 Å². The Hall–Kier alpha value is -1.42. The standard InChI is InChI=1S/C20H30N4O3S2/c1-5-16(4)24-19(21-22-20(24)28-14-15(2)3)17-7-6-8-18(13-17)29(25,26)23-9-11-27-12-10-23/h6-8,13,15-16H,5,9-12,14H2,1-4H3. The van der Waals surface area contributed by atoms with E-state index in [9.17, 15) is 8.42 Å². The summed E-state index contributed by atoms with van der Waals surface area (Å²) in [5.74, 6) is 2.22. The van der Waals surface area contributed by atoms with E-state index in [1.54, 1.807) is 30.0 Å². The van der Waals surface area contributed by atoms with Crippen molar-refractivity contribution in [2.45, 2.75) is 50.2 Å². The van der Waals surface area contributed by atoms with Gasteiger partial charge in [0, 0.05) is 30.4 Å². The summed E-state index contributed by atoms with van der Waals surface area (Å²) in [6.07, 6.45) is 0.937. The number of morpholine rings is 1. The van der Waals surface area contributed by atoms with E-state index in [1.807, 2.05) is 6.07 Å². The van der Waals surface area contributed by atoms with Crippen molar-refractivity contribution in [3.63, 3.8) is 0 Å². The average Bonchev–Trinajstić information content (AvgIpc) is 3.16. The van der Waals surface area contributed by atoms with Crippen molar-refractivity contribution < 1.29 is 13.2 Å². The predicted octanol–water partition coefficient (Wildman–Crippen LogP) is 3.69. The van der Waals surface area contributed by atoms with Gasteiger partial charge in [0.05, 0.1) is 18.1 Å². The van der Waals surface area contributed by atoms with E-state index < -0.39 is 10.0 Å². The summed E-state index contributed by atoms with van der Waals surface area (Å²) in [7, 11) is -3.56. The SMILES string of the molecule is CCC(C)n1c(SCC(C)C)nnc1-c1cccc(S(=O)(=O)N2CCOCC2)c1. The van der Waals surface area contributed by atoms with Gasteiger partial charge in [0.15, 0.2) is 11.0 Å². The maximum absolute atomic E-state index is 13.1. The van der Waals surface area contributed by atoms with Gasteiger partial charge in [-0.15, -0.1) is 10.2 Å². The van der Waals surface area contributed by atoms with Crippen LogP contribution in [0.5, 0.6) is 0 Å². The molecule has 1 unspecified atom stereocenters. The summed E-state index contributed by atoms with van der Waals surface area (Å²) < 4.78 is 35.0. The fourth-order valence-corrected chi connectivity index (χ4v) is 5.57. The average molecular weight is 439 g/mol. The highest BCUT2D eigenvalue weighted by molar-refractivity contribution is 7.99. The Bertz CT molecular complexity index is 922. The van der Waals surface area contributed by atoms with Crippen molar-refractivity contribution in [3.05, 3.63) is 24.3 Å². The zero-order valence-electron chi connectivity index (χ0n) is 17.5. The number of nitrogens with zero attached hydrogens (tertiary/aromatic N) is 4. The largest absolute Gasteiger partial charge is 0.379 e. The van der Waals surface area contributed by atoms with Gasteiger partial charge in [-0.3, -0.25) is 4.57 Å². The summed E-state index contributed by atoms with van der Waals surface area (Å²) in [6.45, 7) is 10.2. The number of hydrogen-bond donors (Lipinski definition) is 0. The fourth-order valence-electron chi connectivity index (χ4n) is 3.13. The maximum Gasteiger partial charge on any atom is 0.243 e. The molecule has 2 heterocycles. The Morgan fingerprint density at radius 1 is 1.17 bits per heavy atom. The van der Waals surface area contributed by atoms with Crippen LogP contribution in [-0.2, 0) is 14.8 Å². The number of aromatic nitrogens is 3. The molecule has 0 aliphatic carbocycles. The number of ether oxygens (including phenoxy) is 1. The van der Waals surface area contributed by atoms with Crippen LogP contribution in [-0.4, -0.2) is 59.5 Å². The van der Waals surface area contributed by atoms with Crippen LogP contribution >= 0.6 is 11.8 Å². The topological polar surface area (TPSA) is 77.3 Å². The van der Waals surface area contributed by atoms with E-state index >= 15 is 0 Å². The van der Waals surface area contributed by atoms with E-state index in [1.165, 1.54) is 4.31 Å². The van der Waals surface area contributed by atoms with Crippen LogP contribution in [0.25, 0.3) is 11.4 Å². The predicted molar refractivity (Wildman–Crippen MR) is 116 cm³/mol. The van der Waals surface area contributed by atoms with Gasteiger partial charge in [-0.25, -0.2) is 8.42 Å². The summed E-state index contributed by atoms with van der Waals surface area (Å²) in [6, 6.07) is 7.25. The zero-order chi connectivity index (χ0) is 21.0. The van der Waals surface area contributed by atoms with Gasteiger partial charge in [0.1, 0.15) is 0 Å². The van der Waals surface area contributed by atoms with E-state index in [0.717, 1.165) is 22.9 Å². The van der Waals surface area contributed by atoms with Crippen molar-refractivity contribution in [2.24, 2.45) is 5.92 Å². The van der Waals surface area contributed by atoms with Crippen LogP contribution in [0, 0.1) is 5.92 Å². The molecule has 1 atom stereocenters. The first kappa shape index (κ1) is 22.3. The first-order valence-electron chi connectivity index (χ1n) is 10.1. The molecule has 0 N–H and O–H groups in total. The Kier molecular flexibility index (Phi) is 7.37. The quantitative estimate of drug-likeness (QED) is 0.585. The molecule has 0 amide bonds. The minimum atomic E-state index is -3.56. The highest BCUT2D eigenvalue weighted by atomic mass is 32.2. The molecule has 7 nitrogen and oxygen atoms in total. The molecule has 29 heavy (non-hydrogen) atoms. The van der Waals surface area contributed by atoms with Crippen molar-refractivity contribution in [1.29, 1.82) is 0 Å². The molecule has 160 valence electrons. The molecule has 0 bridgehead atoms. The molecule has 1 aromatic heterocycles. The van der Waals surface area contributed by atoms with Gasteiger partial charge in [-0.05, 0) is 31.4 Å². The van der Waals surface area contributed by atoms with E-state index in [0.29, 0.717) is 38.0 Å². The third-order valence-electron chi connectivity index (χ3n) is 4.94. The highest BCUT2D eigenvalue weighted by Crippen LogP contribution is 2.31. The van der Waals surface area contributed by atoms with Crippen LogP contribution in [0.4, 0.5) is 0 Å². The second kappa shape index (κ2) is 9.59. The monoisotopic (exact) mass is 438 g/mol. The smallest absolute Gasteiger partial charge is 0.243 e. The molecule has 9 heteroatoms. The third-order valence-corrected chi connectivity index (χ3v) is 8.21. The molecular weight excluding hydrogens is 408 g/mol. The molecule has 3 rings (SSSR count). The summed E-state index contributed by atoms with van der Waals surface area (Å²) in [5, 5.41) is 9.73. The summed E-state index contributed by atoms with van der Waals surface area (Å²) in [5.41, 5.74) is 0.767. The van der Waals surface area contributed by atoms with Crippen LogP contribution in [0.2, 0.25) is 0 Å². The lowest BCUT2D eigenvalue weighted by Gasteiger charge is -2.26. The summed E-state index contributed by atoms with van der Waals surface area (Å²) in [4.78, 5) is 0.284. The van der Waals surface area contributed by atoms with Crippen LogP contribution in [0.15, 0.2) is 34.3 Å². The number of sulfonamides is 1. The van der Waals surface area contributed by atoms with E-state index in [-0.39, 0.29) is 10.9 Å². The fraction of sp³-hybridized carbons (Fsp3) is 0.600. The lowest BCUT2D eigenvalue weighted by molar-refractivity contribution is 0.0730. The molecule has 1 saturated heterocycles. The van der Waals surface area contributed by atoms with E-state index in [2.05, 4.69) is 42.5 Å². The minimum absolute atomic E-state index is 0.217. The van der Waals surface area contributed by atoms with Crippen molar-refractivity contribution in [1.82, 2.24) is 19.1 Å². The molecule has 1 aliphatic heterocycles. The van der Waals surface area contributed by atoms with Gasteiger partial charge >= 0.3 is 0 Å². The molecular formula is C20H30N4O3S2. The van der Waals surface area contributed by atoms with Crippen molar-refractivity contribution in [3.8, 4) is 11.4 Å². The van der Waals surface area contributed by atoms with Gasteiger partial charge in [0.2, 0.25) is 10.0 Å². The Morgan fingerprint density at radius 2 is 1.90 bits per heavy atom. The lowest BCUT2D eigenvalue weighted by atomic mass is 10.2. The summed E-state index contributed by atoms with van der Waals surface area (Å²) >= 11 is 1.70. The Balaban J connectivity index is 1.98. The molecule has 0 spiro atoms. The first-order chi connectivity index (χ1) is 13.8. The molecule has 2 aromatic rings. The zero-order valence-corrected chi connectivity index (χ0v) is 19.2. The van der Waals surface area contributed by atoms with Gasteiger partial charge in [-0.2, -0.15) is 4.31 Å². The van der Waals surface area contributed by atoms with Gasteiger partial charge in [-0.1, -0.05) is 44.7 Å². The molecule has 0 radical (unpaired) electrons. The normalized spacial score (nSPS) is 17.0. The highest BCUT2D eigenvalue weighted by Gasteiger charge is 2.27. The van der Waals surface area contributed by atoms with Crippen molar-refractivity contribution >= 4 is 21.8 Å². The maximum atomic E-state index is 13.1. The molecule has 1 fully saturated rings. The van der Waals surface area contributed by atoms with Crippen LogP contribution in [0.3, 0.4) is 0 Å². The number of thioether (sulfide) groups is 1. The number of benzene rings is 1. The lowest BCUT2D eigenvalue weighted by Crippen LogP contribution is -2.40. The Morgan fingerprint density at radius 3 is 2.55 bits per heavy atom. The molecule has 1 aliphatic rings. The first-order valence-corrected chi connectivity index (χ1v) is 12.5. The molecule has 0 saturated carbocycles. The van der Waals surface area contributed by atoms with Gasteiger partial charge in [0.25, 0.3) is 0 Å². The third kappa shape index (κ3) is 5.02. The Labute approximate surface area is 177 Å². The van der Waals surface area contributed by atoms with E-state index in [4.69, 9.17) is 4.74 Å². The minimum Gasteiger partial charge on any atom is -0.379 e. The second-order valence-electron chi connectivity index (χ2n) is 7.68.